The van der Waals surface area contributed by atoms with Gasteiger partial charge < -0.3 is 10.1 Å². The second-order valence-corrected chi connectivity index (χ2v) is 7.06. The van der Waals surface area contributed by atoms with Gasteiger partial charge in [-0.2, -0.15) is 0 Å². The molecule has 0 radical (unpaired) electrons. The van der Waals surface area contributed by atoms with Crippen LogP contribution in [-0.2, 0) is 11.3 Å². The average Bonchev–Trinajstić information content (AvgIpc) is 3.48. The SMILES string of the molecule is O=C(CN(Cc1ccc(F)cc1)C1CC1)NC1CCOc2ccccc21. The number of carbonyl (C=O) groups excluding carboxylic acids is 1. The maximum Gasteiger partial charge on any atom is 0.234 e. The van der Waals surface area contributed by atoms with E-state index in [1.807, 2.05) is 24.3 Å². The van der Waals surface area contributed by atoms with Gasteiger partial charge in [-0.05, 0) is 36.6 Å². The number of ether oxygens (including phenoxy) is 1. The molecular formula is C21H23FN2O2. The number of para-hydroxylation sites is 1. The lowest BCUT2D eigenvalue weighted by atomic mass is 10.0. The van der Waals surface area contributed by atoms with Crippen molar-refractivity contribution in [3.05, 3.63) is 65.5 Å². The van der Waals surface area contributed by atoms with Crippen LogP contribution in [0.15, 0.2) is 48.5 Å². The third-order valence-electron chi connectivity index (χ3n) is 5.00. The maximum absolute atomic E-state index is 13.1. The molecule has 5 heteroatoms. The molecule has 1 fully saturated rings. The van der Waals surface area contributed by atoms with Gasteiger partial charge in [-0.15, -0.1) is 0 Å². The van der Waals surface area contributed by atoms with Crippen LogP contribution in [0.2, 0.25) is 0 Å². The molecule has 1 heterocycles. The van der Waals surface area contributed by atoms with Crippen molar-refractivity contribution in [1.82, 2.24) is 10.2 Å². The molecule has 1 saturated carbocycles. The van der Waals surface area contributed by atoms with Crippen molar-refractivity contribution < 1.29 is 13.9 Å². The molecule has 2 aliphatic rings. The molecule has 1 unspecified atom stereocenters. The molecule has 2 aromatic carbocycles. The number of nitrogens with zero attached hydrogens (tertiary/aromatic N) is 1. The topological polar surface area (TPSA) is 41.6 Å². The van der Waals surface area contributed by atoms with Crippen LogP contribution in [0.3, 0.4) is 0 Å². The molecule has 0 saturated heterocycles. The van der Waals surface area contributed by atoms with Crippen molar-refractivity contribution in [2.24, 2.45) is 0 Å². The van der Waals surface area contributed by atoms with Crippen molar-refractivity contribution in [3.8, 4) is 5.75 Å². The van der Waals surface area contributed by atoms with Crippen molar-refractivity contribution >= 4 is 5.91 Å². The zero-order valence-corrected chi connectivity index (χ0v) is 14.7. The van der Waals surface area contributed by atoms with Gasteiger partial charge in [0.15, 0.2) is 0 Å². The van der Waals surface area contributed by atoms with Crippen molar-refractivity contribution in [2.45, 2.75) is 37.9 Å². The van der Waals surface area contributed by atoms with Gasteiger partial charge >= 0.3 is 0 Å². The number of nitrogens with one attached hydrogen (secondary N) is 1. The Labute approximate surface area is 153 Å². The Morgan fingerprint density at radius 3 is 2.65 bits per heavy atom. The fourth-order valence-corrected chi connectivity index (χ4v) is 3.49. The summed E-state index contributed by atoms with van der Waals surface area (Å²) in [5, 5.41) is 3.16. The lowest BCUT2D eigenvalue weighted by Crippen LogP contribution is -2.40. The first-order chi connectivity index (χ1) is 12.7. The number of hydrogen-bond donors (Lipinski definition) is 1. The van der Waals surface area contributed by atoms with E-state index in [-0.39, 0.29) is 17.8 Å². The summed E-state index contributed by atoms with van der Waals surface area (Å²) in [6.07, 6.45) is 3.02. The molecule has 1 N–H and O–H groups in total. The van der Waals surface area contributed by atoms with Gasteiger partial charge in [0.05, 0.1) is 19.2 Å². The summed E-state index contributed by atoms with van der Waals surface area (Å²) in [7, 11) is 0. The van der Waals surface area contributed by atoms with Crippen molar-refractivity contribution in [1.29, 1.82) is 0 Å². The van der Waals surface area contributed by atoms with Gasteiger partial charge in [0.2, 0.25) is 5.91 Å². The first-order valence-corrected chi connectivity index (χ1v) is 9.18. The van der Waals surface area contributed by atoms with E-state index < -0.39 is 0 Å². The maximum atomic E-state index is 13.1. The summed E-state index contributed by atoms with van der Waals surface area (Å²) in [6.45, 7) is 1.65. The minimum Gasteiger partial charge on any atom is -0.493 e. The van der Waals surface area contributed by atoms with Gasteiger partial charge in [-0.25, -0.2) is 4.39 Å². The van der Waals surface area contributed by atoms with Crippen LogP contribution in [0, 0.1) is 5.82 Å². The van der Waals surface area contributed by atoms with E-state index in [9.17, 15) is 9.18 Å². The molecule has 1 aliphatic carbocycles. The molecule has 0 bridgehead atoms. The van der Waals surface area contributed by atoms with Crippen LogP contribution >= 0.6 is 0 Å². The Balaban J connectivity index is 1.39. The minimum absolute atomic E-state index is 0.000626. The van der Waals surface area contributed by atoms with E-state index >= 15 is 0 Å². The molecule has 1 amide bonds. The second kappa shape index (κ2) is 7.46. The quantitative estimate of drug-likeness (QED) is 0.864. The van der Waals surface area contributed by atoms with Gasteiger partial charge in [0, 0.05) is 24.6 Å². The number of fused-ring (bicyclic) bond motifs is 1. The van der Waals surface area contributed by atoms with E-state index in [4.69, 9.17) is 4.74 Å². The van der Waals surface area contributed by atoms with Gasteiger partial charge in [-0.3, -0.25) is 9.69 Å². The lowest BCUT2D eigenvalue weighted by molar-refractivity contribution is -0.123. The van der Waals surface area contributed by atoms with Crippen LogP contribution in [0.5, 0.6) is 5.75 Å². The third-order valence-corrected chi connectivity index (χ3v) is 5.00. The summed E-state index contributed by atoms with van der Waals surface area (Å²) in [5.41, 5.74) is 2.08. The second-order valence-electron chi connectivity index (χ2n) is 7.06. The number of rotatable bonds is 6. The Morgan fingerprint density at radius 2 is 1.88 bits per heavy atom. The van der Waals surface area contributed by atoms with Crippen LogP contribution in [0.25, 0.3) is 0 Å². The highest BCUT2D eigenvalue weighted by Gasteiger charge is 2.31. The summed E-state index contributed by atoms with van der Waals surface area (Å²) in [6, 6.07) is 14.8. The van der Waals surface area contributed by atoms with E-state index in [1.54, 1.807) is 12.1 Å². The first kappa shape index (κ1) is 17.0. The predicted molar refractivity (Wildman–Crippen MR) is 97.3 cm³/mol. The Kier molecular flexibility index (Phi) is 4.89. The van der Waals surface area contributed by atoms with E-state index in [1.165, 1.54) is 12.1 Å². The number of amides is 1. The Hall–Kier alpha value is -2.40. The molecule has 2 aromatic rings. The standard InChI is InChI=1S/C21H23FN2O2/c22-16-7-5-15(6-8-16)13-24(17-9-10-17)14-21(25)23-19-11-12-26-20-4-2-1-3-18(19)20/h1-8,17,19H,9-14H2,(H,23,25). The molecule has 4 rings (SSSR count). The largest absolute Gasteiger partial charge is 0.493 e. The molecule has 0 aromatic heterocycles. The Bertz CT molecular complexity index is 774. The fourth-order valence-electron chi connectivity index (χ4n) is 3.49. The fraction of sp³-hybridized carbons (Fsp3) is 0.381. The average molecular weight is 354 g/mol. The van der Waals surface area contributed by atoms with Crippen LogP contribution < -0.4 is 10.1 Å². The highest BCUT2D eigenvalue weighted by Crippen LogP contribution is 2.32. The first-order valence-electron chi connectivity index (χ1n) is 9.18. The summed E-state index contributed by atoms with van der Waals surface area (Å²) < 4.78 is 18.8. The monoisotopic (exact) mass is 354 g/mol. The summed E-state index contributed by atoms with van der Waals surface area (Å²) in [4.78, 5) is 14.8. The molecule has 0 spiro atoms. The summed E-state index contributed by atoms with van der Waals surface area (Å²) in [5.74, 6) is 0.651. The smallest absolute Gasteiger partial charge is 0.234 e. The number of benzene rings is 2. The third kappa shape index (κ3) is 4.05. The van der Waals surface area contributed by atoms with E-state index in [0.717, 1.165) is 36.1 Å². The molecule has 1 atom stereocenters. The van der Waals surface area contributed by atoms with Crippen LogP contribution in [0.1, 0.15) is 36.4 Å². The molecule has 1 aliphatic heterocycles. The van der Waals surface area contributed by atoms with Gasteiger partial charge in [0.1, 0.15) is 11.6 Å². The minimum atomic E-state index is -0.234. The zero-order valence-electron chi connectivity index (χ0n) is 14.7. The molecular weight excluding hydrogens is 331 g/mol. The van der Waals surface area contributed by atoms with Gasteiger partial charge in [0.25, 0.3) is 0 Å². The van der Waals surface area contributed by atoms with Crippen LogP contribution in [0.4, 0.5) is 4.39 Å². The number of halogens is 1. The number of carbonyl (C=O) groups is 1. The molecule has 26 heavy (non-hydrogen) atoms. The predicted octanol–water partition coefficient (Wildman–Crippen LogP) is 3.43. The highest BCUT2D eigenvalue weighted by molar-refractivity contribution is 5.78. The lowest BCUT2D eigenvalue weighted by Gasteiger charge is -2.28. The van der Waals surface area contributed by atoms with Crippen LogP contribution in [-0.4, -0.2) is 30.0 Å². The molecule has 4 nitrogen and oxygen atoms in total. The van der Waals surface area contributed by atoms with Crippen molar-refractivity contribution in [2.75, 3.05) is 13.2 Å². The van der Waals surface area contributed by atoms with Crippen molar-refractivity contribution in [3.63, 3.8) is 0 Å². The number of hydrogen-bond acceptors (Lipinski definition) is 3. The highest BCUT2D eigenvalue weighted by atomic mass is 19.1. The summed E-state index contributed by atoms with van der Waals surface area (Å²) >= 11 is 0. The van der Waals surface area contributed by atoms with E-state index in [2.05, 4.69) is 10.2 Å². The zero-order chi connectivity index (χ0) is 17.9. The van der Waals surface area contributed by atoms with E-state index in [0.29, 0.717) is 25.7 Å². The normalized spacial score (nSPS) is 18.9. The molecule has 136 valence electrons. The Morgan fingerprint density at radius 1 is 1.12 bits per heavy atom. The van der Waals surface area contributed by atoms with Gasteiger partial charge in [-0.1, -0.05) is 30.3 Å².